The largest absolute Gasteiger partial charge is 0.360 e. The highest BCUT2D eigenvalue weighted by molar-refractivity contribution is 6.30. The number of rotatable bonds is 4. The van der Waals surface area contributed by atoms with Crippen molar-refractivity contribution in [2.24, 2.45) is 7.05 Å². The van der Waals surface area contributed by atoms with Crippen molar-refractivity contribution in [2.75, 3.05) is 5.32 Å². The molecule has 2 aromatic rings. The van der Waals surface area contributed by atoms with E-state index in [2.05, 4.69) is 25.5 Å². The molecule has 18 heavy (non-hydrogen) atoms. The molecule has 1 unspecified atom stereocenters. The summed E-state index contributed by atoms with van der Waals surface area (Å²) in [5.74, 6) is 1.58. The summed E-state index contributed by atoms with van der Waals surface area (Å²) in [7, 11) is 1.90. The van der Waals surface area contributed by atoms with E-state index >= 15 is 0 Å². The fourth-order valence-corrected chi connectivity index (χ4v) is 2.05. The zero-order valence-corrected chi connectivity index (χ0v) is 11.3. The van der Waals surface area contributed by atoms with Crippen LogP contribution in [0, 0.1) is 0 Å². The number of halogens is 1. The van der Waals surface area contributed by atoms with Gasteiger partial charge in [0.15, 0.2) is 5.82 Å². The molecule has 0 aliphatic carbocycles. The van der Waals surface area contributed by atoms with Gasteiger partial charge in [0.2, 0.25) is 0 Å². The zero-order chi connectivity index (χ0) is 13.1. The van der Waals surface area contributed by atoms with E-state index < -0.39 is 0 Å². The monoisotopic (exact) mass is 266 g/mol. The highest BCUT2D eigenvalue weighted by Crippen LogP contribution is 2.23. The maximum Gasteiger partial charge on any atom is 0.154 e. The summed E-state index contributed by atoms with van der Waals surface area (Å²) in [6.07, 6.45) is 3.89. The van der Waals surface area contributed by atoms with Gasteiger partial charge < -0.3 is 9.88 Å². The fourth-order valence-electron chi connectivity index (χ4n) is 1.78. The molecule has 96 valence electrons. The first-order valence-corrected chi connectivity index (χ1v) is 6.11. The number of hydrogen-bond donors (Lipinski definition) is 1. The Balaban J connectivity index is 2.24. The second-order valence-corrected chi connectivity index (χ2v) is 4.37. The Morgan fingerprint density at radius 2 is 2.22 bits per heavy atom. The molecule has 2 heterocycles. The van der Waals surface area contributed by atoms with Gasteiger partial charge in [-0.05, 0) is 13.3 Å². The van der Waals surface area contributed by atoms with E-state index in [0.717, 1.165) is 23.6 Å². The molecule has 1 N–H and O–H groups in total. The van der Waals surface area contributed by atoms with E-state index in [9.17, 15) is 0 Å². The van der Waals surface area contributed by atoms with Gasteiger partial charge >= 0.3 is 0 Å². The van der Waals surface area contributed by atoms with E-state index in [1.54, 1.807) is 6.33 Å². The van der Waals surface area contributed by atoms with Gasteiger partial charge in [0.25, 0.3) is 0 Å². The third-order valence-corrected chi connectivity index (χ3v) is 3.06. The van der Waals surface area contributed by atoms with Crippen LogP contribution in [0.25, 0.3) is 0 Å². The highest BCUT2D eigenvalue weighted by Gasteiger charge is 2.15. The van der Waals surface area contributed by atoms with Gasteiger partial charge in [0.05, 0.1) is 6.04 Å². The molecule has 0 saturated carbocycles. The van der Waals surface area contributed by atoms with Crippen molar-refractivity contribution in [1.29, 1.82) is 0 Å². The fraction of sp³-hybridized carbons (Fsp3) is 0.455. The number of anilines is 1. The second kappa shape index (κ2) is 5.30. The Hall–Kier alpha value is -1.69. The molecule has 0 amide bonds. The Bertz CT molecular complexity index is 538. The first-order chi connectivity index (χ1) is 8.63. The molecule has 0 bridgehead atoms. The molecule has 0 radical (unpaired) electrons. The van der Waals surface area contributed by atoms with Crippen molar-refractivity contribution < 1.29 is 0 Å². The summed E-state index contributed by atoms with van der Waals surface area (Å²) >= 11 is 6.04. The molecule has 1 atom stereocenters. The van der Waals surface area contributed by atoms with E-state index in [1.165, 1.54) is 6.33 Å². The van der Waals surface area contributed by atoms with Crippen LogP contribution in [0.15, 0.2) is 12.7 Å². The standard InChI is InChI=1S/C11H15ClN6/c1-4-8-9(12)13-5-14-10(8)16-7(2)11-17-15-6-18(11)3/h5-7H,4H2,1-3H3,(H,13,14,16). The van der Waals surface area contributed by atoms with Gasteiger partial charge in [-0.25, -0.2) is 9.97 Å². The summed E-state index contributed by atoms with van der Waals surface area (Å²) in [5.41, 5.74) is 0.910. The second-order valence-electron chi connectivity index (χ2n) is 4.01. The van der Waals surface area contributed by atoms with Crippen molar-refractivity contribution in [3.63, 3.8) is 0 Å². The quantitative estimate of drug-likeness (QED) is 0.857. The maximum atomic E-state index is 6.04. The molecule has 2 aromatic heterocycles. The minimum atomic E-state index is -0.00577. The predicted octanol–water partition coefficient (Wildman–Crippen LogP) is 1.99. The van der Waals surface area contributed by atoms with Crippen LogP contribution in [0.3, 0.4) is 0 Å². The van der Waals surface area contributed by atoms with E-state index in [4.69, 9.17) is 11.6 Å². The van der Waals surface area contributed by atoms with Gasteiger partial charge in [0.1, 0.15) is 23.6 Å². The van der Waals surface area contributed by atoms with Crippen molar-refractivity contribution in [1.82, 2.24) is 24.7 Å². The zero-order valence-electron chi connectivity index (χ0n) is 10.6. The lowest BCUT2D eigenvalue weighted by Gasteiger charge is -2.16. The van der Waals surface area contributed by atoms with Crippen LogP contribution < -0.4 is 5.32 Å². The lowest BCUT2D eigenvalue weighted by atomic mass is 10.2. The number of aryl methyl sites for hydroxylation is 1. The SMILES string of the molecule is CCc1c(Cl)ncnc1NC(C)c1nncn1C. The normalized spacial score (nSPS) is 12.4. The Morgan fingerprint density at radius 3 is 2.83 bits per heavy atom. The van der Waals surface area contributed by atoms with Crippen LogP contribution in [-0.4, -0.2) is 24.7 Å². The summed E-state index contributed by atoms with van der Waals surface area (Å²) in [6.45, 7) is 4.02. The molecular formula is C11H15ClN6. The molecule has 0 spiro atoms. The molecule has 0 aliphatic rings. The topological polar surface area (TPSA) is 68.5 Å². The molecule has 0 aromatic carbocycles. The molecule has 7 heteroatoms. The summed E-state index contributed by atoms with van der Waals surface area (Å²) in [5, 5.41) is 11.7. The number of aromatic nitrogens is 5. The van der Waals surface area contributed by atoms with Crippen LogP contribution in [0.1, 0.15) is 31.3 Å². The van der Waals surface area contributed by atoms with Crippen molar-refractivity contribution in [3.8, 4) is 0 Å². The molecule has 0 saturated heterocycles. The average molecular weight is 267 g/mol. The minimum absolute atomic E-state index is 0.00577. The van der Waals surface area contributed by atoms with E-state index in [1.807, 2.05) is 25.5 Å². The number of nitrogens with zero attached hydrogens (tertiary/aromatic N) is 5. The third kappa shape index (κ3) is 2.43. The average Bonchev–Trinajstić information content (AvgIpc) is 2.76. The van der Waals surface area contributed by atoms with Crippen molar-refractivity contribution >= 4 is 17.4 Å². The van der Waals surface area contributed by atoms with Gasteiger partial charge in [-0.15, -0.1) is 10.2 Å². The first-order valence-electron chi connectivity index (χ1n) is 5.73. The Labute approximate surface area is 110 Å². The van der Waals surface area contributed by atoms with Crippen LogP contribution in [0.5, 0.6) is 0 Å². The third-order valence-electron chi connectivity index (χ3n) is 2.73. The Kier molecular flexibility index (Phi) is 3.76. The lowest BCUT2D eigenvalue weighted by molar-refractivity contribution is 0.714. The molecule has 0 fully saturated rings. The van der Waals surface area contributed by atoms with Crippen LogP contribution in [-0.2, 0) is 13.5 Å². The Morgan fingerprint density at radius 1 is 1.44 bits per heavy atom. The molecular weight excluding hydrogens is 252 g/mol. The van der Waals surface area contributed by atoms with Crippen molar-refractivity contribution in [2.45, 2.75) is 26.3 Å². The lowest BCUT2D eigenvalue weighted by Crippen LogP contribution is -2.14. The molecule has 0 aliphatic heterocycles. The highest BCUT2D eigenvalue weighted by atomic mass is 35.5. The predicted molar refractivity (Wildman–Crippen MR) is 69.5 cm³/mol. The van der Waals surface area contributed by atoms with E-state index in [0.29, 0.717) is 5.15 Å². The first kappa shape index (κ1) is 12.8. The summed E-state index contributed by atoms with van der Waals surface area (Å²) in [4.78, 5) is 8.21. The minimum Gasteiger partial charge on any atom is -0.360 e. The van der Waals surface area contributed by atoms with Gasteiger partial charge in [-0.3, -0.25) is 0 Å². The number of hydrogen-bond acceptors (Lipinski definition) is 5. The van der Waals surface area contributed by atoms with Crippen LogP contribution >= 0.6 is 11.6 Å². The summed E-state index contributed by atoms with van der Waals surface area (Å²) in [6, 6.07) is -0.00577. The van der Waals surface area contributed by atoms with Gasteiger partial charge in [-0.1, -0.05) is 18.5 Å². The molecule has 6 nitrogen and oxygen atoms in total. The summed E-state index contributed by atoms with van der Waals surface area (Å²) < 4.78 is 1.87. The number of nitrogens with one attached hydrogen (secondary N) is 1. The van der Waals surface area contributed by atoms with Gasteiger partial charge in [-0.2, -0.15) is 0 Å². The van der Waals surface area contributed by atoms with Gasteiger partial charge in [0, 0.05) is 12.6 Å². The van der Waals surface area contributed by atoms with Crippen LogP contribution in [0.4, 0.5) is 5.82 Å². The van der Waals surface area contributed by atoms with E-state index in [-0.39, 0.29) is 6.04 Å². The smallest absolute Gasteiger partial charge is 0.154 e. The van der Waals surface area contributed by atoms with Crippen molar-refractivity contribution in [3.05, 3.63) is 29.2 Å². The van der Waals surface area contributed by atoms with Crippen LogP contribution in [0.2, 0.25) is 5.15 Å². The molecule has 2 rings (SSSR count). The maximum absolute atomic E-state index is 6.04.